The number of carbonyl (C=O) groups is 4. The lowest BCUT2D eigenvalue weighted by Gasteiger charge is -2.48. The number of aliphatic hydroxyl groups is 1. The van der Waals surface area contributed by atoms with Gasteiger partial charge < -0.3 is 35.1 Å². The summed E-state index contributed by atoms with van der Waals surface area (Å²) >= 11 is 0. The van der Waals surface area contributed by atoms with Crippen LogP contribution in [0.4, 0.5) is 34.4 Å². The first-order chi connectivity index (χ1) is 36.0. The summed E-state index contributed by atoms with van der Waals surface area (Å²) in [6.45, 7) is 14.5. The van der Waals surface area contributed by atoms with Crippen LogP contribution in [0, 0.1) is 12.3 Å². The molecule has 8 heterocycles. The molecule has 5 aliphatic rings. The highest BCUT2D eigenvalue weighted by Gasteiger charge is 2.40. The number of carbonyl (C=O) groups excluding carboxylic acids is 4. The van der Waals surface area contributed by atoms with E-state index in [9.17, 15) is 29.1 Å². The summed E-state index contributed by atoms with van der Waals surface area (Å²) in [5.41, 5.74) is 15.0. The molecule has 4 amide bonds. The monoisotopic (exact) mass is 1010 g/mol. The number of piperidine rings is 1. The Balaban J connectivity index is 0.782. The number of aliphatic hydroxyl groups excluding tert-OH is 1. The predicted molar refractivity (Wildman–Crippen MR) is 289 cm³/mol. The molecule has 2 fully saturated rings. The van der Waals surface area contributed by atoms with Crippen molar-refractivity contribution in [3.05, 3.63) is 141 Å². The Bertz CT molecular complexity index is 3430. The number of imide groups is 1. The van der Waals surface area contributed by atoms with Crippen LogP contribution in [0.5, 0.6) is 0 Å². The molecular formula is C57H62N12O6. The highest BCUT2D eigenvalue weighted by molar-refractivity contribution is 6.34. The number of piperazine rings is 1. The van der Waals surface area contributed by atoms with E-state index in [4.69, 9.17) is 10.7 Å². The molecule has 4 aliphatic heterocycles. The van der Waals surface area contributed by atoms with Gasteiger partial charge >= 0.3 is 0 Å². The molecule has 0 bridgehead atoms. The van der Waals surface area contributed by atoms with Crippen LogP contribution in [-0.4, -0.2) is 109 Å². The molecule has 2 aromatic carbocycles. The van der Waals surface area contributed by atoms with E-state index in [0.29, 0.717) is 70.0 Å². The Morgan fingerprint density at radius 1 is 0.840 bits per heavy atom. The summed E-state index contributed by atoms with van der Waals surface area (Å²) in [5.74, 6) is -1.01. The summed E-state index contributed by atoms with van der Waals surface area (Å²) in [6.07, 6.45) is 11.5. The molecule has 75 heavy (non-hydrogen) atoms. The lowest BCUT2D eigenvalue weighted by molar-refractivity contribution is -0.113. The molecule has 11 rings (SSSR count). The van der Waals surface area contributed by atoms with E-state index in [0.717, 1.165) is 74.5 Å². The number of aromatic nitrogens is 5. The maximum Gasteiger partial charge on any atom is 0.293 e. The Labute approximate surface area is 435 Å². The maximum absolute atomic E-state index is 14.1. The number of pyridine rings is 2. The molecule has 6 aromatic rings. The van der Waals surface area contributed by atoms with E-state index < -0.39 is 12.5 Å². The number of benzene rings is 2. The fraction of sp³-hybridized carbons (Fsp3) is 0.368. The van der Waals surface area contributed by atoms with E-state index in [1.165, 1.54) is 26.8 Å². The van der Waals surface area contributed by atoms with Crippen LogP contribution < -0.4 is 36.2 Å². The van der Waals surface area contributed by atoms with Gasteiger partial charge in [-0.25, -0.2) is 14.9 Å². The summed E-state index contributed by atoms with van der Waals surface area (Å²) in [7, 11) is 1.64. The molecular weight excluding hydrogens is 949 g/mol. The third-order valence-corrected chi connectivity index (χ3v) is 15.8. The second kappa shape index (κ2) is 19.1. The largest absolute Gasteiger partial charge is 0.392 e. The predicted octanol–water partition coefficient (Wildman–Crippen LogP) is 6.24. The zero-order valence-electron chi connectivity index (χ0n) is 43.2. The van der Waals surface area contributed by atoms with Crippen LogP contribution >= 0.6 is 0 Å². The van der Waals surface area contributed by atoms with Crippen LogP contribution in [0.25, 0.3) is 17.3 Å². The van der Waals surface area contributed by atoms with Crippen molar-refractivity contribution in [2.45, 2.75) is 91.6 Å². The van der Waals surface area contributed by atoms with Gasteiger partial charge in [0.25, 0.3) is 23.3 Å². The number of rotatable bonds is 11. The quantitative estimate of drug-likeness (QED) is 0.0973. The van der Waals surface area contributed by atoms with Crippen molar-refractivity contribution in [2.75, 3.05) is 57.6 Å². The number of hydrogen-bond donors (Lipinski definition) is 3. The van der Waals surface area contributed by atoms with Gasteiger partial charge in [-0.05, 0) is 124 Å². The standard InChI is InChI=1S/C57H62N12O6/c1-33-23-41(13-16-59-33)69-53(72)43-10-9-40(27-44(43)54(69)73)65-18-15-39(24-34(65)2)64-19-20-66(35(3)30-64)47-11-8-38(25-36(47)7-12-50(58)71)61-51-56(75)63(6)31-46(62-51)42-14-17-60-52(45(42)32-70)68-22-21-67-48(55(68)74)26-37-28-57(4,5)29-49(37)67/h7-14,16-17,23,25-27,31,34-35,39,70H,15,18-22,24,28-30,32H2,1-6H3,(H2,58,71)(H,61,62)/t34-,35+,39?/m1/s1. The zero-order chi connectivity index (χ0) is 52.6. The second-order valence-corrected chi connectivity index (χ2v) is 21.6. The third kappa shape index (κ3) is 8.94. The SMILES string of the molecule is Cc1cc(N2C(=O)c3ccc(N4CCC(N5CCN(c6ccc(Nc7nc(-c8ccnc(N9CCn%10c(cc%11c%10CC(C)(C)C%11)C9=O)c8CO)cn(C)c7=O)cc6C=CC(N)=O)[C@@H](C)C5)C[C@H]4C)cc3C2=O)ccn1. The second-order valence-electron chi connectivity index (χ2n) is 21.6. The van der Waals surface area contributed by atoms with Gasteiger partial charge in [0.15, 0.2) is 5.82 Å². The molecule has 386 valence electrons. The van der Waals surface area contributed by atoms with Crippen molar-refractivity contribution in [1.82, 2.24) is 29.0 Å². The molecule has 1 unspecified atom stereocenters. The number of fused-ring (bicyclic) bond motifs is 4. The van der Waals surface area contributed by atoms with Crippen molar-refractivity contribution < 1.29 is 24.3 Å². The summed E-state index contributed by atoms with van der Waals surface area (Å²) in [6, 6.07) is 19.1. The molecule has 4 N–H and O–H groups in total. The topological polar surface area (TPSA) is 208 Å². The van der Waals surface area contributed by atoms with Gasteiger partial charge in [0.05, 0.1) is 29.1 Å². The first-order valence-corrected chi connectivity index (χ1v) is 25.8. The van der Waals surface area contributed by atoms with Crippen molar-refractivity contribution in [2.24, 2.45) is 18.2 Å². The Morgan fingerprint density at radius 2 is 1.64 bits per heavy atom. The van der Waals surface area contributed by atoms with Crippen LogP contribution in [0.15, 0.2) is 90.1 Å². The average molecular weight is 1010 g/mol. The van der Waals surface area contributed by atoms with Gasteiger partial charge in [-0.3, -0.25) is 38.8 Å². The minimum atomic E-state index is -0.591. The lowest BCUT2D eigenvalue weighted by Crippen LogP contribution is -2.58. The zero-order valence-corrected chi connectivity index (χ0v) is 43.2. The fourth-order valence-corrected chi connectivity index (χ4v) is 12.2. The minimum absolute atomic E-state index is 0.0453. The van der Waals surface area contributed by atoms with E-state index in [1.807, 2.05) is 43.3 Å². The Hall–Kier alpha value is -7.96. The number of nitrogens with zero attached hydrogens (tertiary/aromatic N) is 10. The summed E-state index contributed by atoms with van der Waals surface area (Å²) in [5, 5.41) is 14.1. The molecule has 18 heteroatoms. The van der Waals surface area contributed by atoms with Crippen LogP contribution in [0.1, 0.15) is 99.8 Å². The molecule has 0 radical (unpaired) electrons. The van der Waals surface area contributed by atoms with E-state index in [1.54, 1.807) is 60.9 Å². The van der Waals surface area contributed by atoms with Gasteiger partial charge in [-0.2, -0.15) is 0 Å². The van der Waals surface area contributed by atoms with Gasteiger partial charge in [0, 0.05) is 134 Å². The first-order valence-electron chi connectivity index (χ1n) is 25.8. The van der Waals surface area contributed by atoms with Crippen LogP contribution in [0.2, 0.25) is 0 Å². The number of hydrogen-bond acceptors (Lipinski definition) is 13. The number of aryl methyl sites for hydroxylation is 2. The van der Waals surface area contributed by atoms with Crippen molar-refractivity contribution in [1.29, 1.82) is 0 Å². The van der Waals surface area contributed by atoms with Gasteiger partial charge in [-0.15, -0.1) is 0 Å². The number of anilines is 6. The normalized spacial score (nSPS) is 20.5. The van der Waals surface area contributed by atoms with Crippen molar-refractivity contribution in [3.8, 4) is 11.3 Å². The van der Waals surface area contributed by atoms with E-state index >= 15 is 0 Å². The molecule has 0 spiro atoms. The number of nitrogens with one attached hydrogen (secondary N) is 1. The number of amides is 4. The van der Waals surface area contributed by atoms with Crippen LogP contribution in [0.3, 0.4) is 0 Å². The highest BCUT2D eigenvalue weighted by atomic mass is 16.3. The Kier molecular flexibility index (Phi) is 12.5. The molecule has 18 nitrogen and oxygen atoms in total. The summed E-state index contributed by atoms with van der Waals surface area (Å²) in [4.78, 5) is 90.7. The number of primary amides is 1. The van der Waals surface area contributed by atoms with Crippen LogP contribution in [-0.2, 0) is 37.8 Å². The lowest BCUT2D eigenvalue weighted by atomic mass is 9.90. The van der Waals surface area contributed by atoms with Gasteiger partial charge in [-0.1, -0.05) is 13.8 Å². The fourth-order valence-electron chi connectivity index (χ4n) is 12.2. The third-order valence-electron chi connectivity index (χ3n) is 15.8. The van der Waals surface area contributed by atoms with Gasteiger partial charge in [0.1, 0.15) is 11.5 Å². The number of nitrogens with two attached hydrogens (primary N) is 1. The van der Waals surface area contributed by atoms with Gasteiger partial charge in [0.2, 0.25) is 5.91 Å². The maximum atomic E-state index is 14.1. The molecule has 1 aliphatic carbocycles. The minimum Gasteiger partial charge on any atom is -0.392 e. The van der Waals surface area contributed by atoms with E-state index in [2.05, 4.69) is 62.2 Å². The molecule has 3 atom stereocenters. The van der Waals surface area contributed by atoms with Crippen molar-refractivity contribution >= 4 is 64.1 Å². The highest BCUT2D eigenvalue weighted by Crippen LogP contribution is 2.41. The molecule has 0 saturated carbocycles. The molecule has 4 aromatic heterocycles. The Morgan fingerprint density at radius 3 is 2.40 bits per heavy atom. The smallest absolute Gasteiger partial charge is 0.293 e. The average Bonchev–Trinajstić information content (AvgIpc) is 3.98. The first kappa shape index (κ1) is 49.3. The van der Waals surface area contributed by atoms with Crippen molar-refractivity contribution in [3.63, 3.8) is 0 Å². The summed E-state index contributed by atoms with van der Waals surface area (Å²) < 4.78 is 3.57. The van der Waals surface area contributed by atoms with E-state index in [-0.39, 0.29) is 46.6 Å². The molecule has 2 saturated heterocycles.